The number of para-hydroxylation sites is 1. The maximum absolute atomic E-state index is 12.4. The molecule has 0 saturated carbocycles. The molecule has 0 aliphatic heterocycles. The van der Waals surface area contributed by atoms with Crippen molar-refractivity contribution in [3.63, 3.8) is 0 Å². The summed E-state index contributed by atoms with van der Waals surface area (Å²) in [5, 5.41) is 8.22. The zero-order valence-corrected chi connectivity index (χ0v) is 15.6. The highest BCUT2D eigenvalue weighted by Crippen LogP contribution is 2.14. The third-order valence-corrected chi connectivity index (χ3v) is 4.62. The van der Waals surface area contributed by atoms with E-state index >= 15 is 0 Å². The average molecular weight is 379 g/mol. The highest BCUT2D eigenvalue weighted by Gasteiger charge is 2.12. The highest BCUT2D eigenvalue weighted by atomic mass is 32.1. The van der Waals surface area contributed by atoms with Gasteiger partial charge in [0, 0.05) is 23.9 Å². The second-order valence-electron chi connectivity index (χ2n) is 5.96. The number of rotatable bonds is 8. The molecule has 5 nitrogen and oxygen atoms in total. The molecule has 6 heteroatoms. The summed E-state index contributed by atoms with van der Waals surface area (Å²) >= 11 is 1.47. The van der Waals surface area contributed by atoms with Gasteiger partial charge >= 0.3 is 0 Å². The fourth-order valence-electron chi connectivity index (χ4n) is 2.56. The molecule has 0 spiro atoms. The molecule has 0 atom stereocenters. The Balaban J connectivity index is 1.56. The molecular weight excluding hydrogens is 358 g/mol. The van der Waals surface area contributed by atoms with E-state index in [1.807, 2.05) is 71.1 Å². The van der Waals surface area contributed by atoms with E-state index in [2.05, 4.69) is 10.7 Å². The lowest BCUT2D eigenvalue weighted by atomic mass is 10.2. The number of carbonyl (C=O) groups is 2. The van der Waals surface area contributed by atoms with Crippen molar-refractivity contribution in [2.75, 3.05) is 11.6 Å². The van der Waals surface area contributed by atoms with E-state index in [0.717, 1.165) is 11.3 Å². The Hall–Kier alpha value is -3.12. The summed E-state index contributed by atoms with van der Waals surface area (Å²) in [6, 6.07) is 21.4. The summed E-state index contributed by atoms with van der Waals surface area (Å²) in [4.78, 5) is 24.3. The van der Waals surface area contributed by atoms with Gasteiger partial charge in [0.15, 0.2) is 0 Å². The molecule has 1 aromatic heterocycles. The summed E-state index contributed by atoms with van der Waals surface area (Å²) in [5.74, 6) is -0.311. The van der Waals surface area contributed by atoms with Gasteiger partial charge in [-0.25, -0.2) is 0 Å². The van der Waals surface area contributed by atoms with Crippen molar-refractivity contribution < 1.29 is 9.59 Å². The van der Waals surface area contributed by atoms with Crippen molar-refractivity contribution in [1.29, 1.82) is 0 Å². The van der Waals surface area contributed by atoms with Crippen molar-refractivity contribution in [2.24, 2.45) is 0 Å². The van der Waals surface area contributed by atoms with Gasteiger partial charge in [-0.05, 0) is 29.1 Å². The minimum atomic E-state index is -0.159. The molecule has 138 valence electrons. The third kappa shape index (κ3) is 5.69. The smallest absolute Gasteiger partial charge is 0.252 e. The Morgan fingerprint density at radius 2 is 1.63 bits per heavy atom. The number of hydrazine groups is 1. The van der Waals surface area contributed by atoms with Crippen LogP contribution in [0.3, 0.4) is 0 Å². The standard InChI is InChI=1S/C21H21N3O2S/c25-20(11-13-22-21(26)18-12-14-27-16-18)23-24(19-9-5-2-6-10-19)15-17-7-3-1-4-8-17/h1-10,12,14,16H,11,13,15H2,(H,22,26)(H,23,25). The second-order valence-corrected chi connectivity index (χ2v) is 6.74. The van der Waals surface area contributed by atoms with Crippen LogP contribution in [0.1, 0.15) is 22.3 Å². The predicted octanol–water partition coefficient (Wildman–Crippen LogP) is 3.61. The van der Waals surface area contributed by atoms with Crippen molar-refractivity contribution in [3.05, 3.63) is 88.6 Å². The van der Waals surface area contributed by atoms with Crippen LogP contribution in [-0.4, -0.2) is 18.4 Å². The molecular formula is C21H21N3O2S. The fourth-order valence-corrected chi connectivity index (χ4v) is 3.20. The lowest BCUT2D eigenvalue weighted by Crippen LogP contribution is -2.43. The Morgan fingerprint density at radius 3 is 2.30 bits per heavy atom. The minimum absolute atomic E-state index is 0.152. The molecule has 2 N–H and O–H groups in total. The number of thiophene rings is 1. The molecule has 0 radical (unpaired) electrons. The number of nitrogens with zero attached hydrogens (tertiary/aromatic N) is 1. The Labute approximate surface area is 162 Å². The number of nitrogens with one attached hydrogen (secondary N) is 2. The number of hydrogen-bond donors (Lipinski definition) is 2. The molecule has 3 aromatic rings. The predicted molar refractivity (Wildman–Crippen MR) is 108 cm³/mol. The molecule has 3 rings (SSSR count). The summed E-state index contributed by atoms with van der Waals surface area (Å²) in [7, 11) is 0. The first-order valence-electron chi connectivity index (χ1n) is 8.69. The summed E-state index contributed by atoms with van der Waals surface area (Å²) < 4.78 is 0. The lowest BCUT2D eigenvalue weighted by Gasteiger charge is -2.25. The van der Waals surface area contributed by atoms with Crippen LogP contribution < -0.4 is 15.8 Å². The molecule has 2 amide bonds. The first kappa shape index (κ1) is 18.7. The number of carbonyl (C=O) groups excluding carboxylic acids is 2. The fraction of sp³-hybridized carbons (Fsp3) is 0.143. The zero-order valence-electron chi connectivity index (χ0n) is 14.8. The van der Waals surface area contributed by atoms with E-state index in [1.54, 1.807) is 11.4 Å². The highest BCUT2D eigenvalue weighted by molar-refractivity contribution is 7.08. The Kier molecular flexibility index (Phi) is 6.60. The maximum atomic E-state index is 12.4. The maximum Gasteiger partial charge on any atom is 0.252 e. The van der Waals surface area contributed by atoms with Gasteiger partial charge in [0.25, 0.3) is 5.91 Å². The van der Waals surface area contributed by atoms with Gasteiger partial charge in [0.2, 0.25) is 5.91 Å². The zero-order chi connectivity index (χ0) is 18.9. The van der Waals surface area contributed by atoms with Gasteiger partial charge in [-0.3, -0.25) is 20.0 Å². The molecule has 0 fully saturated rings. The second kappa shape index (κ2) is 9.54. The van der Waals surface area contributed by atoms with Crippen LogP contribution in [0.4, 0.5) is 5.69 Å². The van der Waals surface area contributed by atoms with E-state index < -0.39 is 0 Å². The van der Waals surface area contributed by atoms with Gasteiger partial charge < -0.3 is 5.32 Å². The SMILES string of the molecule is O=C(CCNC(=O)c1ccsc1)NN(Cc1ccccc1)c1ccccc1. The molecule has 0 unspecified atom stereocenters. The Morgan fingerprint density at radius 1 is 0.926 bits per heavy atom. The molecule has 0 saturated heterocycles. The van der Waals surface area contributed by atoms with Crippen molar-refractivity contribution in [2.45, 2.75) is 13.0 Å². The van der Waals surface area contributed by atoms with Crippen molar-refractivity contribution in [1.82, 2.24) is 10.7 Å². The van der Waals surface area contributed by atoms with Crippen LogP contribution in [0.5, 0.6) is 0 Å². The van der Waals surface area contributed by atoms with E-state index in [0.29, 0.717) is 12.1 Å². The van der Waals surface area contributed by atoms with Crippen LogP contribution in [0.25, 0.3) is 0 Å². The third-order valence-electron chi connectivity index (χ3n) is 3.93. The van der Waals surface area contributed by atoms with Crippen LogP contribution in [0, 0.1) is 0 Å². The molecule has 0 bridgehead atoms. The number of amides is 2. The van der Waals surface area contributed by atoms with Gasteiger partial charge in [0.1, 0.15) is 0 Å². The molecule has 2 aromatic carbocycles. The van der Waals surface area contributed by atoms with E-state index in [-0.39, 0.29) is 24.8 Å². The number of hydrogen-bond acceptors (Lipinski definition) is 4. The van der Waals surface area contributed by atoms with E-state index in [9.17, 15) is 9.59 Å². The average Bonchev–Trinajstić information content (AvgIpc) is 3.24. The van der Waals surface area contributed by atoms with Crippen LogP contribution >= 0.6 is 11.3 Å². The summed E-state index contributed by atoms with van der Waals surface area (Å²) in [6.07, 6.45) is 0.202. The van der Waals surface area contributed by atoms with Gasteiger partial charge in [-0.1, -0.05) is 48.5 Å². The number of anilines is 1. The van der Waals surface area contributed by atoms with Crippen molar-refractivity contribution in [3.8, 4) is 0 Å². The molecule has 0 aliphatic carbocycles. The van der Waals surface area contributed by atoms with Gasteiger partial charge in [-0.15, -0.1) is 0 Å². The van der Waals surface area contributed by atoms with Crippen LogP contribution in [0.15, 0.2) is 77.5 Å². The van der Waals surface area contributed by atoms with E-state index in [1.165, 1.54) is 11.3 Å². The van der Waals surface area contributed by atoms with Gasteiger partial charge in [-0.2, -0.15) is 11.3 Å². The first-order valence-corrected chi connectivity index (χ1v) is 9.63. The van der Waals surface area contributed by atoms with Crippen LogP contribution in [0.2, 0.25) is 0 Å². The quantitative estimate of drug-likeness (QED) is 0.588. The van der Waals surface area contributed by atoms with Crippen molar-refractivity contribution >= 4 is 28.8 Å². The number of benzene rings is 2. The molecule has 0 aliphatic rings. The minimum Gasteiger partial charge on any atom is -0.351 e. The van der Waals surface area contributed by atoms with Gasteiger partial charge in [0.05, 0.1) is 12.2 Å². The largest absolute Gasteiger partial charge is 0.351 e. The first-order chi connectivity index (χ1) is 13.2. The molecule has 1 heterocycles. The van der Waals surface area contributed by atoms with E-state index in [4.69, 9.17) is 0 Å². The lowest BCUT2D eigenvalue weighted by molar-refractivity contribution is -0.121. The topological polar surface area (TPSA) is 61.4 Å². The van der Waals surface area contributed by atoms with Crippen LogP contribution in [-0.2, 0) is 11.3 Å². The Bertz CT molecular complexity index is 852. The summed E-state index contributed by atoms with van der Waals surface area (Å²) in [6.45, 7) is 0.840. The molecule has 27 heavy (non-hydrogen) atoms. The monoisotopic (exact) mass is 379 g/mol. The summed E-state index contributed by atoms with van der Waals surface area (Å²) in [5.41, 5.74) is 5.55. The normalized spacial score (nSPS) is 10.2.